The van der Waals surface area contributed by atoms with E-state index in [1.807, 2.05) is 77.1 Å². The molecule has 3 amide bonds. The van der Waals surface area contributed by atoms with Crippen LogP contribution in [-0.2, 0) is 38.5 Å². The molecule has 14 heteroatoms. The van der Waals surface area contributed by atoms with Gasteiger partial charge in [-0.2, -0.15) is 0 Å². The average molecular weight is 735 g/mol. The Morgan fingerprint density at radius 3 is 2.42 bits per heavy atom. The van der Waals surface area contributed by atoms with E-state index in [1.165, 1.54) is 0 Å². The molecule has 0 saturated heterocycles. The number of halogens is 1. The number of carbonyl (C=O) groups is 4. The second-order valence-corrected chi connectivity index (χ2v) is 14.0. The van der Waals surface area contributed by atoms with Crippen LogP contribution < -0.4 is 16.0 Å². The monoisotopic (exact) mass is 734 g/mol. The van der Waals surface area contributed by atoms with E-state index in [9.17, 15) is 19.2 Å². The van der Waals surface area contributed by atoms with Gasteiger partial charge in [0.05, 0.1) is 17.1 Å². The highest BCUT2D eigenvalue weighted by Gasteiger charge is 2.47. The maximum atomic E-state index is 14.8. The molecule has 2 aromatic carbocycles. The Hall–Kier alpha value is -4.91. The number of nitrogens with zero attached hydrogens (tertiary/aromatic N) is 2. The van der Waals surface area contributed by atoms with Crippen LogP contribution in [0.3, 0.4) is 0 Å². The lowest BCUT2D eigenvalue weighted by Gasteiger charge is -2.39. The molecule has 5 rings (SSSR count). The Labute approximate surface area is 307 Å². The lowest BCUT2D eigenvalue weighted by atomic mass is 9.78. The van der Waals surface area contributed by atoms with Crippen molar-refractivity contribution in [3.05, 3.63) is 81.7 Å². The van der Waals surface area contributed by atoms with Gasteiger partial charge in [0.2, 0.25) is 17.7 Å². The molecular weight excluding hydrogens is 688 g/mol. The zero-order valence-electron chi connectivity index (χ0n) is 30.4. The molecule has 2 heterocycles. The molecule has 4 aromatic rings. The smallest absolute Gasteiger partial charge is 0.408 e. The first kappa shape index (κ1) is 38.3. The van der Waals surface area contributed by atoms with Gasteiger partial charge >= 0.3 is 18.0 Å². The molecule has 52 heavy (non-hydrogen) atoms. The highest BCUT2D eigenvalue weighted by molar-refractivity contribution is 6.35. The summed E-state index contributed by atoms with van der Waals surface area (Å²) in [6.07, 6.45) is 1.23. The maximum absolute atomic E-state index is 14.8. The van der Waals surface area contributed by atoms with Gasteiger partial charge in [-0.05, 0) is 67.3 Å². The van der Waals surface area contributed by atoms with Crippen molar-refractivity contribution in [3.63, 3.8) is 0 Å². The van der Waals surface area contributed by atoms with Gasteiger partial charge in [0.1, 0.15) is 24.2 Å². The second-order valence-electron chi connectivity index (χ2n) is 13.6. The number of aromatic amines is 1. The van der Waals surface area contributed by atoms with Crippen LogP contribution in [0.5, 0.6) is 0 Å². The fourth-order valence-corrected chi connectivity index (χ4v) is 6.82. The lowest BCUT2D eigenvalue weighted by molar-refractivity contribution is -0.136. The molecule has 0 spiro atoms. The Kier molecular flexibility index (Phi) is 12.2. The Balaban J connectivity index is 1.48. The number of aryl methyl sites for hydroxylation is 2. The van der Waals surface area contributed by atoms with Crippen molar-refractivity contribution in [1.29, 1.82) is 0 Å². The number of H-pyrrole nitrogens is 1. The molecule has 0 radical (unpaired) electrons. The molecule has 4 N–H and O–H groups in total. The Morgan fingerprint density at radius 2 is 1.73 bits per heavy atom. The third-order valence-electron chi connectivity index (χ3n) is 9.92. The van der Waals surface area contributed by atoms with Crippen LogP contribution in [0.4, 0.5) is 4.79 Å². The molecule has 13 nitrogen and oxygen atoms in total. The minimum atomic E-state index is -1.47. The molecule has 5 atom stereocenters. The summed E-state index contributed by atoms with van der Waals surface area (Å²) >= 11 is 6.65. The largest absolute Gasteiger partial charge is 0.459 e. The first-order chi connectivity index (χ1) is 24.9. The number of fused-ring (bicyclic) bond motifs is 3. The van der Waals surface area contributed by atoms with Crippen LogP contribution in [0, 0.1) is 18.8 Å². The number of esters is 1. The first-order valence-electron chi connectivity index (χ1n) is 17.8. The summed E-state index contributed by atoms with van der Waals surface area (Å²) in [6.45, 7) is 11.4. The standard InChI is InChI=1S/C38H47ClN6O7/c1-7-22(5)29(42-37(49)51-20-24-13-11-10-12-14-24)32(46)43-38(16-15-28-26(19-38)25-17-21(4)18-27(39)31(25)40-28)36(48)41-30(23(6)8-2)33-44-45-34(52-33)35(47)50-9-3/h10-14,17-18,22-23,29-30,40H,7-9,15-16,19-20H2,1-6H3,(H,41,48)(H,42,49)(H,43,46)/t22?,23?,29-,30-,38-/m0/s1. The number of nitrogens with one attached hydrogen (secondary N) is 4. The van der Waals surface area contributed by atoms with Crippen LogP contribution in [0.15, 0.2) is 46.9 Å². The highest BCUT2D eigenvalue weighted by Crippen LogP contribution is 2.38. The summed E-state index contributed by atoms with van der Waals surface area (Å²) in [4.78, 5) is 58.0. The number of hydrogen-bond donors (Lipinski definition) is 4. The van der Waals surface area contributed by atoms with E-state index in [4.69, 9.17) is 25.5 Å². The van der Waals surface area contributed by atoms with Gasteiger partial charge in [0.15, 0.2) is 0 Å². The van der Waals surface area contributed by atoms with Crippen molar-refractivity contribution >= 4 is 46.4 Å². The summed E-state index contributed by atoms with van der Waals surface area (Å²) in [7, 11) is 0. The van der Waals surface area contributed by atoms with E-state index in [0.717, 1.165) is 33.3 Å². The third kappa shape index (κ3) is 8.41. The Morgan fingerprint density at radius 1 is 1.00 bits per heavy atom. The van der Waals surface area contributed by atoms with Crippen molar-refractivity contribution in [3.8, 4) is 0 Å². The number of carbonyl (C=O) groups excluding carboxylic acids is 4. The number of rotatable bonds is 14. The quantitative estimate of drug-likeness (QED) is 0.109. The lowest BCUT2D eigenvalue weighted by Crippen LogP contribution is -2.65. The number of ether oxygens (including phenoxy) is 2. The predicted molar refractivity (Wildman–Crippen MR) is 195 cm³/mol. The fourth-order valence-electron chi connectivity index (χ4n) is 6.50. The second kappa shape index (κ2) is 16.6. The molecule has 1 aliphatic carbocycles. The molecule has 1 aliphatic rings. The minimum absolute atomic E-state index is 0.0315. The number of alkyl carbamates (subject to hydrolysis) is 1. The van der Waals surface area contributed by atoms with Crippen LogP contribution in [0.1, 0.15) is 98.9 Å². The summed E-state index contributed by atoms with van der Waals surface area (Å²) in [5.41, 5.74) is 2.83. The van der Waals surface area contributed by atoms with E-state index >= 15 is 0 Å². The van der Waals surface area contributed by atoms with Crippen molar-refractivity contribution in [2.24, 2.45) is 11.8 Å². The molecule has 0 aliphatic heterocycles. The number of hydrogen-bond acceptors (Lipinski definition) is 9. The summed E-state index contributed by atoms with van der Waals surface area (Å²) in [6, 6.07) is 11.3. The van der Waals surface area contributed by atoms with Crippen LogP contribution in [0.2, 0.25) is 5.02 Å². The van der Waals surface area contributed by atoms with Gasteiger partial charge < -0.3 is 34.8 Å². The van der Waals surface area contributed by atoms with Crippen LogP contribution >= 0.6 is 11.6 Å². The number of benzene rings is 2. The summed E-state index contributed by atoms with van der Waals surface area (Å²) < 4.78 is 16.2. The van der Waals surface area contributed by atoms with E-state index < -0.39 is 41.5 Å². The molecule has 2 aromatic heterocycles. The average Bonchev–Trinajstić information content (AvgIpc) is 3.77. The van der Waals surface area contributed by atoms with E-state index in [-0.39, 0.29) is 49.7 Å². The van der Waals surface area contributed by atoms with Gasteiger partial charge in [0.25, 0.3) is 0 Å². The fraction of sp³-hybridized carbons (Fsp3) is 0.474. The molecule has 2 unspecified atom stereocenters. The van der Waals surface area contributed by atoms with Crippen molar-refractivity contribution in [2.75, 3.05) is 6.61 Å². The van der Waals surface area contributed by atoms with E-state index in [0.29, 0.717) is 24.3 Å². The normalized spacial score (nSPS) is 17.7. The van der Waals surface area contributed by atoms with Crippen molar-refractivity contribution in [1.82, 2.24) is 31.1 Å². The Bertz CT molecular complexity index is 1910. The number of amides is 3. The molecule has 278 valence electrons. The van der Waals surface area contributed by atoms with Crippen molar-refractivity contribution in [2.45, 2.75) is 97.9 Å². The first-order valence-corrected chi connectivity index (χ1v) is 18.2. The van der Waals surface area contributed by atoms with E-state index in [1.54, 1.807) is 6.92 Å². The van der Waals surface area contributed by atoms with Gasteiger partial charge in [-0.3, -0.25) is 9.59 Å². The third-order valence-corrected chi connectivity index (χ3v) is 10.2. The van der Waals surface area contributed by atoms with Gasteiger partial charge in [0, 0.05) is 17.5 Å². The predicted octanol–water partition coefficient (Wildman–Crippen LogP) is 6.28. The summed E-state index contributed by atoms with van der Waals surface area (Å²) in [5.74, 6) is -2.55. The van der Waals surface area contributed by atoms with E-state index in [2.05, 4.69) is 31.1 Å². The molecule has 0 fully saturated rings. The maximum Gasteiger partial charge on any atom is 0.408 e. The SMILES string of the molecule is CCOC(=O)c1nnc([C@@H](NC(=O)[C@]2(NC(=O)[C@@H](NC(=O)OCc3ccccc3)C(C)CC)CCc3[nH]c4c(Cl)cc(C)cc4c3C2)C(C)CC)o1. The van der Waals surface area contributed by atoms with Gasteiger partial charge in [-0.1, -0.05) is 82.5 Å². The molecule has 0 bridgehead atoms. The zero-order valence-corrected chi connectivity index (χ0v) is 31.2. The minimum Gasteiger partial charge on any atom is -0.459 e. The van der Waals surface area contributed by atoms with Gasteiger partial charge in [-0.25, -0.2) is 9.59 Å². The van der Waals surface area contributed by atoms with Crippen molar-refractivity contribution < 1.29 is 33.1 Å². The van der Waals surface area contributed by atoms with Crippen LogP contribution in [-0.4, -0.2) is 57.2 Å². The van der Waals surface area contributed by atoms with Gasteiger partial charge in [-0.15, -0.1) is 10.2 Å². The topological polar surface area (TPSA) is 178 Å². The van der Waals surface area contributed by atoms with Crippen LogP contribution in [0.25, 0.3) is 10.9 Å². The number of aromatic nitrogens is 3. The zero-order chi connectivity index (χ0) is 37.6. The summed E-state index contributed by atoms with van der Waals surface area (Å²) in [5, 5.41) is 18.3. The molecular formula is C38H47ClN6O7. The highest BCUT2D eigenvalue weighted by atomic mass is 35.5. The molecule has 0 saturated carbocycles.